The van der Waals surface area contributed by atoms with Crippen LogP contribution in [-0.4, -0.2) is 42.3 Å². The smallest absolute Gasteiger partial charge is 0.0644 e. The number of ether oxygens (including phenoxy) is 1. The van der Waals surface area contributed by atoms with Crippen molar-refractivity contribution in [3.8, 4) is 0 Å². The fraction of sp³-hybridized carbons (Fsp3) is 1.00. The molecule has 0 radical (unpaired) electrons. The SMILES string of the molecule is CC1CCCN(C2(CN)CCOC(C)(C)C2)C1. The lowest BCUT2D eigenvalue weighted by Crippen LogP contribution is -2.62. The van der Waals surface area contributed by atoms with Crippen LogP contribution in [0.5, 0.6) is 0 Å². The van der Waals surface area contributed by atoms with Crippen LogP contribution in [0.2, 0.25) is 0 Å². The second kappa shape index (κ2) is 4.87. The van der Waals surface area contributed by atoms with Crippen LogP contribution in [0.25, 0.3) is 0 Å². The van der Waals surface area contributed by atoms with Crippen molar-refractivity contribution in [3.05, 3.63) is 0 Å². The minimum absolute atomic E-state index is 0.0156. The molecule has 2 unspecified atom stereocenters. The molecular weight excluding hydrogens is 212 g/mol. The van der Waals surface area contributed by atoms with Crippen molar-refractivity contribution in [2.24, 2.45) is 11.7 Å². The van der Waals surface area contributed by atoms with Crippen LogP contribution >= 0.6 is 0 Å². The van der Waals surface area contributed by atoms with Gasteiger partial charge in [-0.05, 0) is 52.0 Å². The van der Waals surface area contributed by atoms with Gasteiger partial charge in [0.15, 0.2) is 0 Å². The molecule has 0 aromatic rings. The van der Waals surface area contributed by atoms with Crippen LogP contribution < -0.4 is 5.73 Å². The van der Waals surface area contributed by atoms with E-state index in [1.165, 1.54) is 25.9 Å². The first-order valence-electron chi connectivity index (χ1n) is 7.07. The van der Waals surface area contributed by atoms with Gasteiger partial charge in [0.2, 0.25) is 0 Å². The first kappa shape index (κ1) is 13.3. The fourth-order valence-electron chi connectivity index (χ4n) is 3.64. The third-order valence-electron chi connectivity index (χ3n) is 4.52. The van der Waals surface area contributed by atoms with Gasteiger partial charge in [-0.15, -0.1) is 0 Å². The van der Waals surface area contributed by atoms with Gasteiger partial charge in [-0.1, -0.05) is 6.92 Å². The van der Waals surface area contributed by atoms with Crippen LogP contribution in [0.4, 0.5) is 0 Å². The average molecular weight is 240 g/mol. The molecule has 2 rings (SSSR count). The first-order chi connectivity index (χ1) is 7.97. The summed E-state index contributed by atoms with van der Waals surface area (Å²) in [4.78, 5) is 2.66. The third-order valence-corrected chi connectivity index (χ3v) is 4.52. The summed E-state index contributed by atoms with van der Waals surface area (Å²) in [6, 6.07) is 0. The van der Waals surface area contributed by atoms with Gasteiger partial charge in [0.1, 0.15) is 0 Å². The Hall–Kier alpha value is -0.120. The van der Waals surface area contributed by atoms with Gasteiger partial charge in [-0.25, -0.2) is 0 Å². The van der Waals surface area contributed by atoms with Gasteiger partial charge in [0.25, 0.3) is 0 Å². The highest BCUT2D eigenvalue weighted by atomic mass is 16.5. The Kier molecular flexibility index (Phi) is 3.81. The summed E-state index contributed by atoms with van der Waals surface area (Å²) in [5, 5.41) is 0. The van der Waals surface area contributed by atoms with E-state index in [9.17, 15) is 0 Å². The lowest BCUT2D eigenvalue weighted by molar-refractivity contribution is -0.123. The van der Waals surface area contributed by atoms with E-state index in [1.807, 2.05) is 0 Å². The Morgan fingerprint density at radius 2 is 2.18 bits per heavy atom. The van der Waals surface area contributed by atoms with Gasteiger partial charge in [-0.3, -0.25) is 4.90 Å². The van der Waals surface area contributed by atoms with Gasteiger partial charge in [-0.2, -0.15) is 0 Å². The summed E-state index contributed by atoms with van der Waals surface area (Å²) in [6.45, 7) is 10.8. The molecule has 0 aromatic carbocycles. The number of nitrogens with zero attached hydrogens (tertiary/aromatic N) is 1. The first-order valence-corrected chi connectivity index (χ1v) is 7.07. The van der Waals surface area contributed by atoms with Crippen molar-refractivity contribution in [3.63, 3.8) is 0 Å². The Morgan fingerprint density at radius 1 is 1.41 bits per heavy atom. The molecule has 0 aromatic heterocycles. The molecule has 2 aliphatic rings. The maximum atomic E-state index is 6.14. The van der Waals surface area contributed by atoms with E-state index in [4.69, 9.17) is 10.5 Å². The molecule has 2 fully saturated rings. The standard InChI is InChI=1S/C14H28N2O/c1-12-5-4-7-16(9-12)14(11-15)6-8-17-13(2,3)10-14/h12H,4-11,15H2,1-3H3. The second-order valence-corrected chi connectivity index (χ2v) is 6.66. The maximum absolute atomic E-state index is 6.14. The van der Waals surface area contributed by atoms with E-state index >= 15 is 0 Å². The van der Waals surface area contributed by atoms with E-state index in [-0.39, 0.29) is 11.1 Å². The number of hydrogen-bond acceptors (Lipinski definition) is 3. The number of hydrogen-bond donors (Lipinski definition) is 1. The molecule has 2 atom stereocenters. The third kappa shape index (κ3) is 2.83. The highest BCUT2D eigenvalue weighted by molar-refractivity contribution is 5.00. The van der Waals surface area contributed by atoms with Gasteiger partial charge in [0.05, 0.1) is 5.60 Å². The Balaban J connectivity index is 2.12. The molecule has 3 heteroatoms. The number of piperidine rings is 1. The van der Waals surface area contributed by atoms with Crippen molar-refractivity contribution >= 4 is 0 Å². The maximum Gasteiger partial charge on any atom is 0.0644 e. The van der Waals surface area contributed by atoms with Crippen molar-refractivity contribution < 1.29 is 4.74 Å². The van der Waals surface area contributed by atoms with E-state index in [1.54, 1.807) is 0 Å². The minimum Gasteiger partial charge on any atom is -0.375 e. The van der Waals surface area contributed by atoms with E-state index < -0.39 is 0 Å². The molecule has 100 valence electrons. The molecule has 17 heavy (non-hydrogen) atoms. The van der Waals surface area contributed by atoms with Gasteiger partial charge < -0.3 is 10.5 Å². The van der Waals surface area contributed by atoms with Crippen LogP contribution in [0, 0.1) is 5.92 Å². The number of likely N-dealkylation sites (tertiary alicyclic amines) is 1. The van der Waals surface area contributed by atoms with Crippen LogP contribution in [0.1, 0.15) is 46.5 Å². The van der Waals surface area contributed by atoms with Gasteiger partial charge in [0, 0.05) is 25.2 Å². The Labute approximate surface area is 106 Å². The van der Waals surface area contributed by atoms with Crippen LogP contribution in [0.3, 0.4) is 0 Å². The zero-order valence-electron chi connectivity index (χ0n) is 11.7. The van der Waals surface area contributed by atoms with Crippen molar-refractivity contribution in [2.45, 2.75) is 57.6 Å². The molecule has 2 saturated heterocycles. The van der Waals surface area contributed by atoms with Gasteiger partial charge >= 0.3 is 0 Å². The van der Waals surface area contributed by atoms with Crippen molar-refractivity contribution in [2.75, 3.05) is 26.2 Å². The Bertz CT molecular complexity index is 267. The lowest BCUT2D eigenvalue weighted by atomic mass is 9.78. The van der Waals surface area contributed by atoms with Crippen molar-refractivity contribution in [1.82, 2.24) is 4.90 Å². The summed E-state index contributed by atoms with van der Waals surface area (Å²) in [6.07, 6.45) is 4.87. The Morgan fingerprint density at radius 3 is 2.76 bits per heavy atom. The lowest BCUT2D eigenvalue weighted by Gasteiger charge is -2.52. The summed E-state index contributed by atoms with van der Waals surface area (Å²) in [5.41, 5.74) is 6.31. The topological polar surface area (TPSA) is 38.5 Å². The number of rotatable bonds is 2. The van der Waals surface area contributed by atoms with E-state index in [0.717, 1.165) is 31.9 Å². The molecular formula is C14H28N2O. The fourth-order valence-corrected chi connectivity index (χ4v) is 3.64. The quantitative estimate of drug-likeness (QED) is 0.802. The molecule has 2 N–H and O–H groups in total. The molecule has 0 saturated carbocycles. The monoisotopic (exact) mass is 240 g/mol. The van der Waals surface area contributed by atoms with Crippen LogP contribution in [0.15, 0.2) is 0 Å². The number of nitrogens with two attached hydrogens (primary N) is 1. The normalized spacial score (nSPS) is 39.2. The molecule has 3 nitrogen and oxygen atoms in total. The summed E-state index contributed by atoms with van der Waals surface area (Å²) >= 11 is 0. The average Bonchev–Trinajstić information content (AvgIpc) is 2.27. The van der Waals surface area contributed by atoms with Crippen LogP contribution in [-0.2, 0) is 4.74 Å². The minimum atomic E-state index is -0.0156. The van der Waals surface area contributed by atoms with E-state index in [0.29, 0.717) is 0 Å². The summed E-state index contributed by atoms with van der Waals surface area (Å²) in [5.74, 6) is 0.818. The molecule has 0 amide bonds. The molecule has 0 spiro atoms. The van der Waals surface area contributed by atoms with Crippen molar-refractivity contribution in [1.29, 1.82) is 0 Å². The second-order valence-electron chi connectivity index (χ2n) is 6.66. The zero-order valence-corrected chi connectivity index (χ0v) is 11.7. The molecule has 2 aliphatic heterocycles. The summed E-state index contributed by atoms with van der Waals surface area (Å²) in [7, 11) is 0. The predicted octanol–water partition coefficient (Wildman–Crippen LogP) is 2.00. The molecule has 2 heterocycles. The molecule has 0 bridgehead atoms. The largest absolute Gasteiger partial charge is 0.375 e. The predicted molar refractivity (Wildman–Crippen MR) is 71.0 cm³/mol. The molecule has 0 aliphatic carbocycles. The summed E-state index contributed by atoms with van der Waals surface area (Å²) < 4.78 is 5.86. The highest BCUT2D eigenvalue weighted by Gasteiger charge is 2.44. The van der Waals surface area contributed by atoms with E-state index in [2.05, 4.69) is 25.7 Å². The zero-order chi connectivity index (χ0) is 12.5. The highest BCUT2D eigenvalue weighted by Crippen LogP contribution is 2.37.